The number of ether oxygens (including phenoxy) is 1. The second kappa shape index (κ2) is 6.92. The van der Waals surface area contributed by atoms with Gasteiger partial charge in [-0.3, -0.25) is 10.00 Å². The largest absolute Gasteiger partial charge is 0.372 e. The normalized spacial score (nSPS) is 20.9. The van der Waals surface area contributed by atoms with E-state index in [1.54, 1.807) is 17.8 Å². The number of carbonyl (C=O) groups is 1. The summed E-state index contributed by atoms with van der Waals surface area (Å²) in [4.78, 5) is 12.6. The van der Waals surface area contributed by atoms with E-state index in [-0.39, 0.29) is 11.7 Å². The Hall–Kier alpha value is -2.48. The molecule has 1 unspecified atom stereocenters. The maximum Gasteiger partial charge on any atom is 0.321 e. The van der Waals surface area contributed by atoms with Gasteiger partial charge in [-0.15, -0.1) is 0 Å². The molecule has 6 nitrogen and oxygen atoms in total. The van der Waals surface area contributed by atoms with Crippen molar-refractivity contribution in [2.45, 2.75) is 43.7 Å². The quantitative estimate of drug-likeness (QED) is 0.854. The minimum absolute atomic E-state index is 0.0553. The van der Waals surface area contributed by atoms with Gasteiger partial charge in [0.15, 0.2) is 0 Å². The van der Waals surface area contributed by atoms with E-state index < -0.39 is 23.2 Å². The number of aryl methyl sites for hydroxylation is 1. The number of carbonyl (C=O) groups excluding carboxylic acids is 1. The van der Waals surface area contributed by atoms with Crippen molar-refractivity contribution in [2.24, 2.45) is 7.05 Å². The van der Waals surface area contributed by atoms with Gasteiger partial charge < -0.3 is 10.1 Å². The number of nitrogens with zero attached hydrogens (tertiary/aromatic N) is 2. The summed E-state index contributed by atoms with van der Waals surface area (Å²) in [6, 6.07) is 5.01. The molecule has 2 aliphatic rings. The highest BCUT2D eigenvalue weighted by Crippen LogP contribution is 2.43. The summed E-state index contributed by atoms with van der Waals surface area (Å²) in [5.41, 5.74) is -0.324. The Labute approximate surface area is 155 Å². The monoisotopic (exact) mass is 376 g/mol. The van der Waals surface area contributed by atoms with Crippen molar-refractivity contribution in [3.63, 3.8) is 0 Å². The molecule has 0 bridgehead atoms. The van der Waals surface area contributed by atoms with Gasteiger partial charge in [0.25, 0.3) is 0 Å². The van der Waals surface area contributed by atoms with E-state index in [4.69, 9.17) is 4.74 Å². The van der Waals surface area contributed by atoms with Crippen molar-refractivity contribution in [3.05, 3.63) is 47.2 Å². The van der Waals surface area contributed by atoms with Crippen LogP contribution in [-0.2, 0) is 17.3 Å². The predicted octanol–water partition coefficient (Wildman–Crippen LogP) is 3.75. The summed E-state index contributed by atoms with van der Waals surface area (Å²) in [6.07, 6.45) is 3.61. The van der Waals surface area contributed by atoms with Gasteiger partial charge in [-0.05, 0) is 44.2 Å². The van der Waals surface area contributed by atoms with Gasteiger partial charge in [-0.25, -0.2) is 13.6 Å². The zero-order chi connectivity index (χ0) is 19.0. The second-order valence-electron chi connectivity index (χ2n) is 7.19. The SMILES string of the molecule is Cn1nc(C2CCCO2)cc1NC(=O)NC1(c2c(F)cccc2F)CCC1. The molecule has 27 heavy (non-hydrogen) atoms. The Morgan fingerprint density at radius 3 is 2.63 bits per heavy atom. The van der Waals surface area contributed by atoms with E-state index in [0.717, 1.165) is 25.0 Å². The summed E-state index contributed by atoms with van der Waals surface area (Å²) in [6.45, 7) is 0.710. The van der Waals surface area contributed by atoms with Crippen LogP contribution in [0.4, 0.5) is 19.4 Å². The molecule has 1 aromatic heterocycles. The van der Waals surface area contributed by atoms with Crippen LogP contribution in [0, 0.1) is 11.6 Å². The van der Waals surface area contributed by atoms with Crippen LogP contribution in [0.1, 0.15) is 49.5 Å². The molecule has 2 heterocycles. The van der Waals surface area contributed by atoms with Crippen LogP contribution in [0.25, 0.3) is 0 Å². The number of amides is 2. The molecule has 1 saturated carbocycles. The van der Waals surface area contributed by atoms with E-state index in [9.17, 15) is 13.6 Å². The van der Waals surface area contributed by atoms with Crippen molar-refractivity contribution >= 4 is 11.8 Å². The van der Waals surface area contributed by atoms with E-state index in [1.165, 1.54) is 18.2 Å². The number of aromatic nitrogens is 2. The highest BCUT2D eigenvalue weighted by molar-refractivity contribution is 5.89. The van der Waals surface area contributed by atoms with E-state index in [2.05, 4.69) is 15.7 Å². The van der Waals surface area contributed by atoms with E-state index in [1.807, 2.05) is 0 Å². The molecule has 8 heteroatoms. The Morgan fingerprint density at radius 2 is 2.04 bits per heavy atom. The zero-order valence-electron chi connectivity index (χ0n) is 15.1. The lowest BCUT2D eigenvalue weighted by Gasteiger charge is -2.43. The van der Waals surface area contributed by atoms with Gasteiger partial charge in [0.1, 0.15) is 23.6 Å². The Kier molecular flexibility index (Phi) is 4.59. The third-order valence-electron chi connectivity index (χ3n) is 5.40. The second-order valence-corrected chi connectivity index (χ2v) is 7.19. The molecule has 2 aromatic rings. The standard InChI is InChI=1S/C19H22F2N4O2/c1-25-16(11-14(24-25)15-7-3-10-27-15)22-18(26)23-19(8-4-9-19)17-12(20)5-2-6-13(17)21/h2,5-6,11,15H,3-4,7-10H2,1H3,(H2,22,23,26). The summed E-state index contributed by atoms with van der Waals surface area (Å²) < 4.78 is 35.7. The van der Waals surface area contributed by atoms with Gasteiger partial charge >= 0.3 is 6.03 Å². The minimum atomic E-state index is -1.02. The first-order chi connectivity index (χ1) is 13.0. The third-order valence-corrected chi connectivity index (χ3v) is 5.40. The molecule has 1 aliphatic heterocycles. The molecule has 0 spiro atoms. The molecule has 2 fully saturated rings. The van der Waals surface area contributed by atoms with Crippen LogP contribution >= 0.6 is 0 Å². The topological polar surface area (TPSA) is 68.2 Å². The van der Waals surface area contributed by atoms with Crippen molar-refractivity contribution in [2.75, 3.05) is 11.9 Å². The number of benzene rings is 1. The first-order valence-electron chi connectivity index (χ1n) is 9.18. The van der Waals surface area contributed by atoms with Crippen molar-refractivity contribution in [1.82, 2.24) is 15.1 Å². The molecule has 1 saturated heterocycles. The molecule has 2 N–H and O–H groups in total. The fraction of sp³-hybridized carbons (Fsp3) is 0.474. The van der Waals surface area contributed by atoms with Crippen LogP contribution in [-0.4, -0.2) is 22.4 Å². The zero-order valence-corrected chi connectivity index (χ0v) is 15.1. The number of hydrogen-bond donors (Lipinski definition) is 2. The number of nitrogens with one attached hydrogen (secondary N) is 2. The van der Waals surface area contributed by atoms with Gasteiger partial charge in [-0.1, -0.05) is 6.07 Å². The highest BCUT2D eigenvalue weighted by atomic mass is 19.1. The van der Waals surface area contributed by atoms with Crippen LogP contribution < -0.4 is 10.6 Å². The lowest BCUT2D eigenvalue weighted by Crippen LogP contribution is -2.53. The first-order valence-corrected chi connectivity index (χ1v) is 9.18. The van der Waals surface area contributed by atoms with Crippen LogP contribution in [0.2, 0.25) is 0 Å². The maximum absolute atomic E-state index is 14.2. The van der Waals surface area contributed by atoms with E-state index in [0.29, 0.717) is 25.3 Å². The fourth-order valence-corrected chi connectivity index (χ4v) is 3.86. The van der Waals surface area contributed by atoms with Crippen LogP contribution in [0.15, 0.2) is 24.3 Å². The third kappa shape index (κ3) is 3.29. The average Bonchev–Trinajstić information content (AvgIpc) is 3.22. The molecule has 144 valence electrons. The predicted molar refractivity (Wildman–Crippen MR) is 95.2 cm³/mol. The number of hydrogen-bond acceptors (Lipinski definition) is 3. The molecular formula is C19H22F2N4O2. The van der Waals surface area contributed by atoms with Crippen LogP contribution in [0.5, 0.6) is 0 Å². The summed E-state index contributed by atoms with van der Waals surface area (Å²) >= 11 is 0. The first kappa shape index (κ1) is 17.9. The summed E-state index contributed by atoms with van der Waals surface area (Å²) in [5.74, 6) is -0.783. The number of halogens is 2. The van der Waals surface area contributed by atoms with Crippen molar-refractivity contribution in [1.29, 1.82) is 0 Å². The molecule has 1 aliphatic carbocycles. The molecule has 0 radical (unpaired) electrons. The minimum Gasteiger partial charge on any atom is -0.372 e. The fourth-order valence-electron chi connectivity index (χ4n) is 3.86. The molecular weight excluding hydrogens is 354 g/mol. The highest BCUT2D eigenvalue weighted by Gasteiger charge is 2.44. The lowest BCUT2D eigenvalue weighted by atomic mass is 9.71. The average molecular weight is 376 g/mol. The Bertz CT molecular complexity index is 837. The van der Waals surface area contributed by atoms with Gasteiger partial charge in [0, 0.05) is 25.3 Å². The molecule has 1 aromatic carbocycles. The van der Waals surface area contributed by atoms with Crippen molar-refractivity contribution in [3.8, 4) is 0 Å². The lowest BCUT2D eigenvalue weighted by molar-refractivity contribution is 0.108. The maximum atomic E-state index is 14.2. The summed E-state index contributed by atoms with van der Waals surface area (Å²) in [5, 5.41) is 9.91. The Morgan fingerprint density at radius 1 is 1.30 bits per heavy atom. The van der Waals surface area contributed by atoms with Crippen LogP contribution in [0.3, 0.4) is 0 Å². The van der Waals surface area contributed by atoms with Gasteiger partial charge in [-0.2, -0.15) is 5.10 Å². The smallest absolute Gasteiger partial charge is 0.321 e. The summed E-state index contributed by atoms with van der Waals surface area (Å²) in [7, 11) is 1.73. The molecule has 1 atom stereocenters. The van der Waals surface area contributed by atoms with Crippen molar-refractivity contribution < 1.29 is 18.3 Å². The van der Waals surface area contributed by atoms with Gasteiger partial charge in [0.05, 0.1) is 11.2 Å². The van der Waals surface area contributed by atoms with Gasteiger partial charge in [0.2, 0.25) is 0 Å². The number of rotatable bonds is 4. The van der Waals surface area contributed by atoms with E-state index >= 15 is 0 Å². The Balaban J connectivity index is 1.50. The number of urea groups is 1. The number of anilines is 1. The molecule has 4 rings (SSSR count). The molecule has 2 amide bonds.